The Labute approximate surface area is 108 Å². The third kappa shape index (κ3) is 4.22. The molecule has 0 bridgehead atoms. The highest BCUT2D eigenvalue weighted by atomic mass is 79.9. The molecule has 0 spiro atoms. The third-order valence-electron chi connectivity index (χ3n) is 1.80. The smallest absolute Gasteiger partial charge is 0.326 e. The van der Waals surface area contributed by atoms with Crippen LogP contribution < -0.4 is 11.3 Å². The number of hydrogen-bond donors (Lipinski definition) is 1. The number of ether oxygens (including phenoxy) is 1. The second kappa shape index (κ2) is 4.91. The van der Waals surface area contributed by atoms with E-state index in [0.717, 1.165) is 0 Å². The van der Waals surface area contributed by atoms with Gasteiger partial charge in [0.05, 0.1) is 5.69 Å². The van der Waals surface area contributed by atoms with Crippen molar-refractivity contribution in [2.24, 2.45) is 0 Å². The number of carbonyl (C=O) groups excluding carboxylic acids is 1. The van der Waals surface area contributed by atoms with E-state index in [-0.39, 0.29) is 12.2 Å². The minimum absolute atomic E-state index is 0.0860. The summed E-state index contributed by atoms with van der Waals surface area (Å²) >= 11 is 3.21. The first-order chi connectivity index (χ1) is 7.69. The quantitative estimate of drug-likeness (QED) is 0.841. The fraction of sp³-hybridized carbons (Fsp3) is 0.455. The number of pyridine rings is 1. The van der Waals surface area contributed by atoms with Crippen molar-refractivity contribution < 1.29 is 9.53 Å². The molecule has 0 saturated heterocycles. The van der Waals surface area contributed by atoms with Gasteiger partial charge in [0.2, 0.25) is 0 Å². The Hall–Kier alpha value is -1.30. The fourth-order valence-corrected chi connectivity index (χ4v) is 1.74. The first-order valence-electron chi connectivity index (χ1n) is 5.06. The summed E-state index contributed by atoms with van der Waals surface area (Å²) in [7, 11) is 0. The number of rotatable bonds is 2. The van der Waals surface area contributed by atoms with E-state index in [1.165, 1.54) is 16.8 Å². The zero-order valence-corrected chi connectivity index (χ0v) is 11.6. The summed E-state index contributed by atoms with van der Waals surface area (Å²) in [5, 5.41) is 0. The molecule has 0 unspecified atom stereocenters. The second-order valence-corrected chi connectivity index (χ2v) is 5.55. The summed E-state index contributed by atoms with van der Waals surface area (Å²) in [6, 6.07) is 1.49. The lowest BCUT2D eigenvalue weighted by atomic mass is 10.2. The SMILES string of the molecule is CC(C)(C)OC(=O)Cn1cc(Br)cc(N)c1=O. The van der Waals surface area contributed by atoms with Crippen LogP contribution in [0.25, 0.3) is 0 Å². The van der Waals surface area contributed by atoms with Gasteiger partial charge in [0.1, 0.15) is 12.1 Å². The van der Waals surface area contributed by atoms with E-state index >= 15 is 0 Å². The molecule has 1 heterocycles. The fourth-order valence-electron chi connectivity index (χ4n) is 1.25. The minimum Gasteiger partial charge on any atom is -0.459 e. The van der Waals surface area contributed by atoms with Crippen molar-refractivity contribution in [1.29, 1.82) is 0 Å². The van der Waals surface area contributed by atoms with Gasteiger partial charge in [-0.05, 0) is 42.8 Å². The number of halogens is 1. The molecule has 0 amide bonds. The Bertz CT molecular complexity index is 488. The largest absolute Gasteiger partial charge is 0.459 e. The first-order valence-corrected chi connectivity index (χ1v) is 5.85. The zero-order chi connectivity index (χ0) is 13.2. The Kier molecular flexibility index (Phi) is 3.98. The highest BCUT2D eigenvalue weighted by Gasteiger charge is 2.17. The summed E-state index contributed by atoms with van der Waals surface area (Å²) in [6.07, 6.45) is 1.50. The van der Waals surface area contributed by atoms with Crippen molar-refractivity contribution >= 4 is 27.6 Å². The van der Waals surface area contributed by atoms with Crippen LogP contribution in [0.3, 0.4) is 0 Å². The van der Waals surface area contributed by atoms with Gasteiger partial charge >= 0.3 is 5.97 Å². The molecule has 5 nitrogen and oxygen atoms in total. The van der Waals surface area contributed by atoms with Gasteiger partial charge in [0, 0.05) is 10.7 Å². The summed E-state index contributed by atoms with van der Waals surface area (Å²) in [6.45, 7) is 5.15. The molecule has 0 aromatic carbocycles. The van der Waals surface area contributed by atoms with E-state index in [4.69, 9.17) is 10.5 Å². The van der Waals surface area contributed by atoms with E-state index in [2.05, 4.69) is 15.9 Å². The van der Waals surface area contributed by atoms with Crippen LogP contribution in [-0.2, 0) is 16.1 Å². The van der Waals surface area contributed by atoms with Crippen LogP contribution >= 0.6 is 15.9 Å². The van der Waals surface area contributed by atoms with Crippen molar-refractivity contribution in [3.05, 3.63) is 27.1 Å². The predicted octanol–water partition coefficient (Wildman–Crippen LogP) is 1.53. The van der Waals surface area contributed by atoms with E-state index < -0.39 is 17.1 Å². The minimum atomic E-state index is -0.571. The molecule has 0 aliphatic rings. The predicted molar refractivity (Wildman–Crippen MR) is 68.7 cm³/mol. The second-order valence-electron chi connectivity index (χ2n) is 4.63. The highest BCUT2D eigenvalue weighted by Crippen LogP contribution is 2.11. The molecular weight excluding hydrogens is 288 g/mol. The summed E-state index contributed by atoms with van der Waals surface area (Å²) in [5.41, 5.74) is 4.62. The molecule has 6 heteroatoms. The molecule has 0 aliphatic heterocycles. The number of nitrogens with zero attached hydrogens (tertiary/aromatic N) is 1. The Balaban J connectivity index is 2.89. The maximum Gasteiger partial charge on any atom is 0.326 e. The number of esters is 1. The molecule has 0 aliphatic carbocycles. The lowest BCUT2D eigenvalue weighted by Crippen LogP contribution is -2.31. The van der Waals surface area contributed by atoms with E-state index in [1.54, 1.807) is 20.8 Å². The number of anilines is 1. The molecule has 0 atom stereocenters. The highest BCUT2D eigenvalue weighted by molar-refractivity contribution is 9.10. The molecule has 1 rings (SSSR count). The number of aromatic nitrogens is 1. The van der Waals surface area contributed by atoms with Crippen molar-refractivity contribution in [3.8, 4) is 0 Å². The lowest BCUT2D eigenvalue weighted by molar-refractivity contribution is -0.155. The topological polar surface area (TPSA) is 74.3 Å². The van der Waals surface area contributed by atoms with Crippen molar-refractivity contribution in [3.63, 3.8) is 0 Å². The van der Waals surface area contributed by atoms with E-state index in [9.17, 15) is 9.59 Å². The molecular formula is C11H15BrN2O3. The average molecular weight is 303 g/mol. The van der Waals surface area contributed by atoms with Gasteiger partial charge in [0.15, 0.2) is 0 Å². The third-order valence-corrected chi connectivity index (χ3v) is 2.23. The van der Waals surface area contributed by atoms with Crippen LogP contribution in [-0.4, -0.2) is 16.1 Å². The van der Waals surface area contributed by atoms with Gasteiger partial charge in [-0.25, -0.2) is 0 Å². The Morgan fingerprint density at radius 2 is 2.12 bits per heavy atom. The van der Waals surface area contributed by atoms with Crippen LogP contribution in [0, 0.1) is 0 Å². The van der Waals surface area contributed by atoms with Gasteiger partial charge in [-0.3, -0.25) is 9.59 Å². The van der Waals surface area contributed by atoms with Crippen LogP contribution in [0.15, 0.2) is 21.5 Å². The standard InChI is InChI=1S/C11H15BrN2O3/c1-11(2,3)17-9(15)6-14-5-7(12)4-8(13)10(14)16/h4-5H,6,13H2,1-3H3. The molecule has 0 radical (unpaired) electrons. The maximum atomic E-state index is 11.6. The van der Waals surface area contributed by atoms with E-state index in [1.807, 2.05) is 0 Å². The Morgan fingerprint density at radius 3 is 2.65 bits per heavy atom. The molecule has 1 aromatic heterocycles. The van der Waals surface area contributed by atoms with Gasteiger partial charge in [-0.1, -0.05) is 0 Å². The number of nitrogen functional groups attached to an aromatic ring is 1. The van der Waals surface area contributed by atoms with Crippen molar-refractivity contribution in [2.45, 2.75) is 32.9 Å². The molecule has 17 heavy (non-hydrogen) atoms. The van der Waals surface area contributed by atoms with Crippen molar-refractivity contribution in [1.82, 2.24) is 4.57 Å². The number of nitrogens with two attached hydrogens (primary N) is 1. The number of hydrogen-bond acceptors (Lipinski definition) is 4. The molecule has 0 saturated carbocycles. The zero-order valence-electron chi connectivity index (χ0n) is 9.99. The normalized spacial score (nSPS) is 11.3. The van der Waals surface area contributed by atoms with Crippen LogP contribution in [0.1, 0.15) is 20.8 Å². The van der Waals surface area contributed by atoms with Gasteiger partial charge in [0.25, 0.3) is 5.56 Å². The van der Waals surface area contributed by atoms with E-state index in [0.29, 0.717) is 4.47 Å². The van der Waals surface area contributed by atoms with Gasteiger partial charge in [-0.15, -0.1) is 0 Å². The molecule has 2 N–H and O–H groups in total. The van der Waals surface area contributed by atoms with Crippen LogP contribution in [0.5, 0.6) is 0 Å². The maximum absolute atomic E-state index is 11.6. The summed E-state index contributed by atoms with van der Waals surface area (Å²) in [5.74, 6) is -0.475. The van der Waals surface area contributed by atoms with Crippen molar-refractivity contribution in [2.75, 3.05) is 5.73 Å². The molecule has 94 valence electrons. The summed E-state index contributed by atoms with van der Waals surface area (Å²) in [4.78, 5) is 23.2. The van der Waals surface area contributed by atoms with Crippen LogP contribution in [0.4, 0.5) is 5.69 Å². The van der Waals surface area contributed by atoms with Crippen LogP contribution in [0.2, 0.25) is 0 Å². The van der Waals surface area contributed by atoms with Gasteiger partial charge < -0.3 is 15.0 Å². The lowest BCUT2D eigenvalue weighted by Gasteiger charge is -2.19. The monoisotopic (exact) mass is 302 g/mol. The average Bonchev–Trinajstić information content (AvgIpc) is 2.10. The Morgan fingerprint density at radius 1 is 1.53 bits per heavy atom. The molecule has 1 aromatic rings. The van der Waals surface area contributed by atoms with Gasteiger partial charge in [-0.2, -0.15) is 0 Å². The molecule has 0 fully saturated rings. The first kappa shape index (κ1) is 13.8. The number of carbonyl (C=O) groups is 1. The summed E-state index contributed by atoms with van der Waals surface area (Å²) < 4.78 is 6.97.